The number of alkyl halides is 3. The van der Waals surface area contributed by atoms with Gasteiger partial charge in [0.25, 0.3) is 5.56 Å². The Labute approximate surface area is 167 Å². The van der Waals surface area contributed by atoms with E-state index in [2.05, 4.69) is 9.72 Å². The zero-order valence-electron chi connectivity index (χ0n) is 15.7. The predicted octanol–water partition coefficient (Wildman–Crippen LogP) is 3.57. The summed E-state index contributed by atoms with van der Waals surface area (Å²) in [5, 5.41) is 10.4. The van der Waals surface area contributed by atoms with E-state index in [1.165, 1.54) is 43.5 Å². The first-order chi connectivity index (χ1) is 14.1. The van der Waals surface area contributed by atoms with Crippen LogP contribution in [0.25, 0.3) is 11.0 Å². The molecule has 2 heterocycles. The summed E-state index contributed by atoms with van der Waals surface area (Å²) in [4.78, 5) is 28.7. The van der Waals surface area contributed by atoms with Crippen molar-refractivity contribution in [1.82, 2.24) is 9.55 Å². The molecule has 0 atom stereocenters. The van der Waals surface area contributed by atoms with Crippen LogP contribution in [0.5, 0.6) is 5.75 Å². The molecular formula is C20H16F4N2O4. The molecule has 0 saturated heterocycles. The molecule has 0 radical (unpaired) electrons. The summed E-state index contributed by atoms with van der Waals surface area (Å²) in [6, 6.07) is 6.75. The predicted molar refractivity (Wildman–Crippen MR) is 98.9 cm³/mol. The summed E-state index contributed by atoms with van der Waals surface area (Å²) >= 11 is 0. The molecule has 6 nitrogen and oxygen atoms in total. The Kier molecular flexibility index (Phi) is 5.77. The highest BCUT2D eigenvalue weighted by Gasteiger charge is 2.32. The third kappa shape index (κ3) is 4.42. The number of hydrogen-bond acceptors (Lipinski definition) is 5. The third-order valence-electron chi connectivity index (χ3n) is 4.27. The van der Waals surface area contributed by atoms with E-state index in [9.17, 15) is 32.3 Å². The van der Waals surface area contributed by atoms with Gasteiger partial charge in [0.15, 0.2) is 11.3 Å². The van der Waals surface area contributed by atoms with Gasteiger partial charge in [-0.25, -0.2) is 9.18 Å². The molecule has 0 fully saturated rings. The molecule has 2 aromatic heterocycles. The quantitative estimate of drug-likeness (QED) is 0.500. The normalized spacial score (nSPS) is 11.6. The molecule has 1 aromatic carbocycles. The number of fused-ring (bicyclic) bond motifs is 1. The Morgan fingerprint density at radius 3 is 2.47 bits per heavy atom. The molecule has 0 bridgehead atoms. The van der Waals surface area contributed by atoms with Crippen LogP contribution in [0.3, 0.4) is 0 Å². The van der Waals surface area contributed by atoms with Gasteiger partial charge in [-0.15, -0.1) is 0 Å². The second-order valence-corrected chi connectivity index (χ2v) is 6.47. The number of esters is 1. The van der Waals surface area contributed by atoms with E-state index in [4.69, 9.17) is 0 Å². The van der Waals surface area contributed by atoms with Gasteiger partial charge in [-0.3, -0.25) is 14.3 Å². The molecule has 30 heavy (non-hydrogen) atoms. The number of aromatic hydroxyl groups is 1. The highest BCUT2D eigenvalue weighted by atomic mass is 19.4. The molecule has 0 spiro atoms. The van der Waals surface area contributed by atoms with Crippen molar-refractivity contribution < 1.29 is 32.2 Å². The maximum absolute atomic E-state index is 13.1. The first-order valence-electron chi connectivity index (χ1n) is 8.83. The summed E-state index contributed by atoms with van der Waals surface area (Å²) in [6.45, 7) is -0.375. The van der Waals surface area contributed by atoms with E-state index < -0.39 is 41.4 Å². The number of ether oxygens (including phenoxy) is 1. The van der Waals surface area contributed by atoms with Crippen LogP contribution >= 0.6 is 0 Å². The van der Waals surface area contributed by atoms with E-state index in [0.29, 0.717) is 15.7 Å². The maximum atomic E-state index is 13.1. The lowest BCUT2D eigenvalue weighted by atomic mass is 10.1. The number of benzene rings is 1. The fourth-order valence-electron chi connectivity index (χ4n) is 3.01. The molecule has 0 unspecified atom stereocenters. The monoisotopic (exact) mass is 424 g/mol. The average molecular weight is 424 g/mol. The van der Waals surface area contributed by atoms with Gasteiger partial charge in [0.05, 0.1) is 12.1 Å². The number of pyridine rings is 2. The van der Waals surface area contributed by atoms with Crippen molar-refractivity contribution in [3.63, 3.8) is 0 Å². The number of nitrogens with zero attached hydrogens (tertiary/aromatic N) is 2. The minimum Gasteiger partial charge on any atom is -0.505 e. The standard InChI is InChI=1S/C20H16F4N2O4/c1-2-30-19(29)15-17(27)16-14(26(18(15)28)10-20(22,23)24)8-12(9-25-16)7-11-3-5-13(21)6-4-11/h3-6,8-9,27H,2,7,10H2,1H3. The fraction of sp³-hybridized carbons (Fsp3) is 0.250. The molecule has 0 aliphatic carbocycles. The van der Waals surface area contributed by atoms with Crippen LogP contribution in [-0.2, 0) is 17.7 Å². The second kappa shape index (κ2) is 8.13. The topological polar surface area (TPSA) is 81.4 Å². The van der Waals surface area contributed by atoms with Crippen LogP contribution in [0.2, 0.25) is 0 Å². The van der Waals surface area contributed by atoms with Crippen molar-refractivity contribution >= 4 is 17.0 Å². The number of halogens is 4. The Morgan fingerprint density at radius 1 is 1.20 bits per heavy atom. The first kappa shape index (κ1) is 21.3. The van der Waals surface area contributed by atoms with Crippen molar-refractivity contribution in [3.05, 3.63) is 69.4 Å². The summed E-state index contributed by atoms with van der Waals surface area (Å²) in [6.07, 6.45) is -3.28. The Hall–Kier alpha value is -3.43. The van der Waals surface area contributed by atoms with Crippen LogP contribution in [0.15, 0.2) is 41.3 Å². The van der Waals surface area contributed by atoms with Gasteiger partial charge in [-0.05, 0) is 42.7 Å². The molecule has 1 N–H and O–H groups in total. The Morgan fingerprint density at radius 2 is 1.87 bits per heavy atom. The number of hydrogen-bond donors (Lipinski definition) is 1. The van der Waals surface area contributed by atoms with E-state index in [0.717, 1.165) is 0 Å². The molecule has 0 aliphatic heterocycles. The molecule has 158 valence electrons. The molecule has 0 saturated carbocycles. The van der Waals surface area contributed by atoms with Gasteiger partial charge < -0.3 is 9.84 Å². The van der Waals surface area contributed by atoms with Gasteiger partial charge in [0, 0.05) is 6.20 Å². The lowest BCUT2D eigenvalue weighted by Crippen LogP contribution is -2.33. The van der Waals surface area contributed by atoms with E-state index in [-0.39, 0.29) is 24.1 Å². The minimum absolute atomic E-state index is 0.140. The van der Waals surface area contributed by atoms with Crippen molar-refractivity contribution in [2.75, 3.05) is 6.61 Å². The lowest BCUT2D eigenvalue weighted by Gasteiger charge is -2.16. The van der Waals surface area contributed by atoms with Crippen LogP contribution in [0.4, 0.5) is 17.6 Å². The fourth-order valence-corrected chi connectivity index (χ4v) is 3.01. The molecule has 0 aliphatic rings. The van der Waals surface area contributed by atoms with E-state index in [1.54, 1.807) is 0 Å². The maximum Gasteiger partial charge on any atom is 0.406 e. The highest BCUT2D eigenvalue weighted by Crippen LogP contribution is 2.28. The summed E-state index contributed by atoms with van der Waals surface area (Å²) in [5.41, 5.74) is -1.79. The van der Waals surface area contributed by atoms with Crippen LogP contribution in [0, 0.1) is 5.82 Å². The van der Waals surface area contributed by atoms with E-state index in [1.807, 2.05) is 0 Å². The van der Waals surface area contributed by atoms with Gasteiger partial charge in [0.2, 0.25) is 0 Å². The highest BCUT2D eigenvalue weighted by molar-refractivity contribution is 5.98. The Balaban J connectivity index is 2.20. The number of carbonyl (C=O) groups excluding carboxylic acids is 1. The average Bonchev–Trinajstić information content (AvgIpc) is 2.66. The largest absolute Gasteiger partial charge is 0.505 e. The second-order valence-electron chi connectivity index (χ2n) is 6.47. The van der Waals surface area contributed by atoms with Crippen LogP contribution in [-0.4, -0.2) is 33.4 Å². The van der Waals surface area contributed by atoms with Crippen molar-refractivity contribution in [1.29, 1.82) is 0 Å². The zero-order valence-corrected chi connectivity index (χ0v) is 15.7. The summed E-state index contributed by atoms with van der Waals surface area (Å²) < 4.78 is 57.5. The summed E-state index contributed by atoms with van der Waals surface area (Å²) in [5.74, 6) is -2.53. The zero-order chi connectivity index (χ0) is 22.1. The van der Waals surface area contributed by atoms with Crippen molar-refractivity contribution in [2.45, 2.75) is 26.1 Å². The van der Waals surface area contributed by atoms with Gasteiger partial charge in [-0.2, -0.15) is 13.2 Å². The Bertz CT molecular complexity index is 1150. The van der Waals surface area contributed by atoms with Crippen molar-refractivity contribution in [2.24, 2.45) is 0 Å². The van der Waals surface area contributed by atoms with Crippen LogP contribution in [0.1, 0.15) is 28.4 Å². The molecule has 0 amide bonds. The van der Waals surface area contributed by atoms with Crippen molar-refractivity contribution in [3.8, 4) is 5.75 Å². The van der Waals surface area contributed by atoms with Gasteiger partial charge in [-0.1, -0.05) is 12.1 Å². The SMILES string of the molecule is CCOC(=O)c1c(O)c2ncc(Cc3ccc(F)cc3)cc2n(CC(F)(F)F)c1=O. The number of carbonyl (C=O) groups is 1. The van der Waals surface area contributed by atoms with Gasteiger partial charge in [0.1, 0.15) is 17.9 Å². The van der Waals surface area contributed by atoms with Crippen LogP contribution < -0.4 is 5.56 Å². The minimum atomic E-state index is -4.77. The first-order valence-corrected chi connectivity index (χ1v) is 8.83. The molecule has 10 heteroatoms. The molecular weight excluding hydrogens is 408 g/mol. The smallest absolute Gasteiger partial charge is 0.406 e. The number of rotatable bonds is 5. The van der Waals surface area contributed by atoms with Gasteiger partial charge >= 0.3 is 12.1 Å². The van der Waals surface area contributed by atoms with E-state index >= 15 is 0 Å². The molecule has 3 rings (SSSR count). The number of aromatic nitrogens is 2. The summed E-state index contributed by atoms with van der Waals surface area (Å²) in [7, 11) is 0. The molecule has 3 aromatic rings. The lowest BCUT2D eigenvalue weighted by molar-refractivity contribution is -0.140. The third-order valence-corrected chi connectivity index (χ3v) is 4.27.